The predicted molar refractivity (Wildman–Crippen MR) is 177 cm³/mol. The van der Waals surface area contributed by atoms with Gasteiger partial charge in [0.25, 0.3) is 0 Å². The van der Waals surface area contributed by atoms with Crippen LogP contribution in [0.4, 0.5) is 5.69 Å². The third-order valence-electron chi connectivity index (χ3n) is 6.73. The minimum atomic E-state index is 0.794. The zero-order valence-electron chi connectivity index (χ0n) is 24.8. The van der Waals surface area contributed by atoms with E-state index in [1.807, 2.05) is 93.8 Å². The number of aryl methyl sites for hydroxylation is 2. The summed E-state index contributed by atoms with van der Waals surface area (Å²) in [6.45, 7) is 8.18. The van der Waals surface area contributed by atoms with Crippen molar-refractivity contribution < 1.29 is 0 Å². The molecule has 0 saturated heterocycles. The molecule has 0 radical (unpaired) electrons. The lowest BCUT2D eigenvalue weighted by molar-refractivity contribution is 1.16. The molecule has 4 heteroatoms. The Morgan fingerprint density at radius 2 is 1.00 bits per heavy atom. The van der Waals surface area contributed by atoms with E-state index in [2.05, 4.69) is 76.5 Å². The second-order valence-electron chi connectivity index (χ2n) is 9.71. The van der Waals surface area contributed by atoms with E-state index in [-0.39, 0.29) is 0 Å². The minimum absolute atomic E-state index is 0.794. The number of rotatable bonds is 5. The fourth-order valence-electron chi connectivity index (χ4n) is 4.79. The number of aromatic nitrogens is 3. The molecule has 0 spiro atoms. The van der Waals surface area contributed by atoms with E-state index < -0.39 is 0 Å². The molecule has 0 atom stereocenters. The van der Waals surface area contributed by atoms with Crippen LogP contribution in [0, 0.1) is 13.8 Å². The molecule has 0 aliphatic rings. The molecule has 42 heavy (non-hydrogen) atoms. The van der Waals surface area contributed by atoms with Crippen molar-refractivity contribution in [2.75, 3.05) is 5.73 Å². The number of benzene rings is 3. The molecule has 0 saturated carbocycles. The quantitative estimate of drug-likeness (QED) is 0.217. The van der Waals surface area contributed by atoms with Crippen molar-refractivity contribution in [2.24, 2.45) is 0 Å². The lowest BCUT2D eigenvalue weighted by atomic mass is 9.92. The highest BCUT2D eigenvalue weighted by Gasteiger charge is 2.11. The largest absolute Gasteiger partial charge is 0.399 e. The van der Waals surface area contributed by atoms with Gasteiger partial charge < -0.3 is 5.73 Å². The van der Waals surface area contributed by atoms with Crippen LogP contribution in [0.15, 0.2) is 134 Å². The predicted octanol–water partition coefficient (Wildman–Crippen LogP) is 9.38. The van der Waals surface area contributed by atoms with Gasteiger partial charge in [-0.2, -0.15) is 0 Å². The van der Waals surface area contributed by atoms with Gasteiger partial charge in [-0.3, -0.25) is 15.0 Å². The Hall–Kier alpha value is -5.09. The van der Waals surface area contributed by atoms with Crippen molar-refractivity contribution in [1.82, 2.24) is 15.0 Å². The first-order chi connectivity index (χ1) is 20.6. The summed E-state index contributed by atoms with van der Waals surface area (Å²) < 4.78 is 0. The highest BCUT2D eigenvalue weighted by Crippen LogP contribution is 2.29. The number of nitrogens with zero attached hydrogens (tertiary/aromatic N) is 3. The molecule has 6 rings (SSSR count). The monoisotopic (exact) mass is 550 g/mol. The van der Waals surface area contributed by atoms with Crippen LogP contribution in [0.3, 0.4) is 0 Å². The van der Waals surface area contributed by atoms with Gasteiger partial charge in [0.2, 0.25) is 0 Å². The lowest BCUT2D eigenvalue weighted by Gasteiger charge is -2.13. The molecule has 0 amide bonds. The van der Waals surface area contributed by atoms with E-state index in [0.29, 0.717) is 0 Å². The maximum absolute atomic E-state index is 5.69. The Labute approximate surface area is 250 Å². The molecular formula is C38H38N4. The average molecular weight is 551 g/mol. The summed E-state index contributed by atoms with van der Waals surface area (Å²) >= 11 is 0. The SMILES string of the molecule is CC.Cc1cc(N)ccc1-c1ccccn1.Cc1ccc(-c2ccccn2)c(Cc2ccccc2-c2ccccn2)c1. The van der Waals surface area contributed by atoms with Crippen LogP contribution in [0.5, 0.6) is 0 Å². The van der Waals surface area contributed by atoms with E-state index in [0.717, 1.165) is 40.3 Å². The molecular weight excluding hydrogens is 512 g/mol. The molecule has 2 N–H and O–H groups in total. The lowest BCUT2D eigenvalue weighted by Crippen LogP contribution is -1.97. The molecule has 0 aliphatic carbocycles. The maximum Gasteiger partial charge on any atom is 0.0704 e. The fraction of sp³-hybridized carbons (Fsp3) is 0.132. The van der Waals surface area contributed by atoms with Gasteiger partial charge in [0, 0.05) is 41.0 Å². The van der Waals surface area contributed by atoms with Crippen LogP contribution in [0.2, 0.25) is 0 Å². The summed E-state index contributed by atoms with van der Waals surface area (Å²) in [5, 5.41) is 0. The molecule has 3 aromatic heterocycles. The van der Waals surface area contributed by atoms with Gasteiger partial charge in [-0.05, 0) is 85.5 Å². The van der Waals surface area contributed by atoms with Gasteiger partial charge in [0.15, 0.2) is 0 Å². The summed E-state index contributed by atoms with van der Waals surface area (Å²) in [6.07, 6.45) is 6.34. The first-order valence-corrected chi connectivity index (χ1v) is 14.4. The summed E-state index contributed by atoms with van der Waals surface area (Å²) in [4.78, 5) is 13.4. The zero-order chi connectivity index (χ0) is 29.7. The fourth-order valence-corrected chi connectivity index (χ4v) is 4.79. The minimum Gasteiger partial charge on any atom is -0.399 e. The van der Waals surface area contributed by atoms with Crippen molar-refractivity contribution in [2.45, 2.75) is 34.1 Å². The second kappa shape index (κ2) is 15.1. The zero-order valence-corrected chi connectivity index (χ0v) is 24.8. The van der Waals surface area contributed by atoms with Gasteiger partial charge in [-0.25, -0.2) is 0 Å². The molecule has 0 unspecified atom stereocenters. The summed E-state index contributed by atoms with van der Waals surface area (Å²) in [5.41, 5.74) is 18.0. The maximum atomic E-state index is 5.69. The van der Waals surface area contributed by atoms with Crippen molar-refractivity contribution in [3.63, 3.8) is 0 Å². The number of nitrogen functional groups attached to an aromatic ring is 1. The highest BCUT2D eigenvalue weighted by atomic mass is 14.7. The van der Waals surface area contributed by atoms with Crippen molar-refractivity contribution >= 4 is 5.69 Å². The Morgan fingerprint density at radius 1 is 0.500 bits per heavy atom. The molecule has 3 heterocycles. The standard InChI is InChI=1S/C24H20N2.C12H12N2.C2H6/c1-18-12-13-22(24-11-5-7-15-26-24)20(16-18)17-19-8-2-3-9-21(19)23-10-4-6-14-25-23;1-9-8-10(13)5-6-11(9)12-4-2-3-7-14-12;1-2/h2-16H,17H2,1H3;2-8H,13H2,1H3;1-2H3. The van der Waals surface area contributed by atoms with Crippen LogP contribution >= 0.6 is 0 Å². The second-order valence-corrected chi connectivity index (χ2v) is 9.71. The van der Waals surface area contributed by atoms with Gasteiger partial charge in [-0.15, -0.1) is 0 Å². The van der Waals surface area contributed by atoms with Gasteiger partial charge in [0.05, 0.1) is 17.1 Å². The van der Waals surface area contributed by atoms with Crippen LogP contribution in [0.1, 0.15) is 36.1 Å². The van der Waals surface area contributed by atoms with E-state index in [9.17, 15) is 0 Å². The van der Waals surface area contributed by atoms with Crippen molar-refractivity contribution in [3.8, 4) is 33.8 Å². The van der Waals surface area contributed by atoms with Crippen LogP contribution in [-0.2, 0) is 6.42 Å². The van der Waals surface area contributed by atoms with Gasteiger partial charge in [-0.1, -0.05) is 86.1 Å². The van der Waals surface area contributed by atoms with Crippen LogP contribution < -0.4 is 5.73 Å². The van der Waals surface area contributed by atoms with Crippen LogP contribution in [0.25, 0.3) is 33.8 Å². The van der Waals surface area contributed by atoms with Crippen molar-refractivity contribution in [3.05, 3.63) is 156 Å². The first kappa shape index (κ1) is 29.9. The Bertz CT molecular complexity index is 1680. The topological polar surface area (TPSA) is 64.7 Å². The molecule has 210 valence electrons. The molecule has 3 aromatic carbocycles. The average Bonchev–Trinajstić information content (AvgIpc) is 3.04. The number of anilines is 1. The third-order valence-corrected chi connectivity index (χ3v) is 6.73. The first-order valence-electron chi connectivity index (χ1n) is 14.4. The molecule has 4 nitrogen and oxygen atoms in total. The van der Waals surface area contributed by atoms with Crippen LogP contribution in [-0.4, -0.2) is 15.0 Å². The summed E-state index contributed by atoms with van der Waals surface area (Å²) in [7, 11) is 0. The summed E-state index contributed by atoms with van der Waals surface area (Å²) in [6, 6.07) is 39.0. The molecule has 6 aromatic rings. The Kier molecular flexibility index (Phi) is 10.7. The van der Waals surface area contributed by atoms with Gasteiger partial charge in [0.1, 0.15) is 0 Å². The van der Waals surface area contributed by atoms with E-state index >= 15 is 0 Å². The summed E-state index contributed by atoms with van der Waals surface area (Å²) in [5.74, 6) is 0. The van der Waals surface area contributed by atoms with E-state index in [4.69, 9.17) is 5.73 Å². The number of hydrogen-bond donors (Lipinski definition) is 1. The molecule has 0 aliphatic heterocycles. The molecule has 0 fully saturated rings. The normalized spacial score (nSPS) is 10.1. The smallest absolute Gasteiger partial charge is 0.0704 e. The van der Waals surface area contributed by atoms with E-state index in [1.165, 1.54) is 27.8 Å². The number of nitrogens with two attached hydrogens (primary N) is 1. The Morgan fingerprint density at radius 3 is 1.55 bits per heavy atom. The molecule has 0 bridgehead atoms. The van der Waals surface area contributed by atoms with E-state index in [1.54, 1.807) is 6.20 Å². The third kappa shape index (κ3) is 7.76. The van der Waals surface area contributed by atoms with Gasteiger partial charge >= 0.3 is 0 Å². The number of hydrogen-bond acceptors (Lipinski definition) is 4. The number of pyridine rings is 3. The Balaban J connectivity index is 0.000000214. The highest BCUT2D eigenvalue weighted by molar-refractivity contribution is 5.69. The van der Waals surface area contributed by atoms with Crippen molar-refractivity contribution in [1.29, 1.82) is 0 Å².